The standard InChI is InChI=1S/C14H24F3NOS/c1-20-13(5-7-19-8-6-13)10-18-12-4-2-3-11(9-12)14(15,16)17/h11-12,18H,2-10H2,1H3/t11-,12-/m0/s1. The number of nitrogens with one attached hydrogen (secondary N) is 1. The molecule has 2 aliphatic rings. The number of rotatable bonds is 4. The second kappa shape index (κ2) is 6.88. The van der Waals surface area contributed by atoms with Gasteiger partial charge in [-0.05, 0) is 38.4 Å². The second-order valence-electron chi connectivity index (χ2n) is 5.98. The van der Waals surface area contributed by atoms with Crippen molar-refractivity contribution in [2.45, 2.75) is 55.5 Å². The van der Waals surface area contributed by atoms with Gasteiger partial charge in [-0.2, -0.15) is 24.9 Å². The molecule has 1 saturated heterocycles. The molecule has 2 fully saturated rings. The predicted molar refractivity (Wildman–Crippen MR) is 76.1 cm³/mol. The molecule has 0 aromatic carbocycles. The Balaban J connectivity index is 1.83. The molecule has 6 heteroatoms. The van der Waals surface area contributed by atoms with Crippen LogP contribution < -0.4 is 5.32 Å². The molecule has 0 aromatic rings. The third-order valence-corrected chi connectivity index (χ3v) is 6.11. The average Bonchev–Trinajstić information content (AvgIpc) is 2.46. The number of thioether (sulfide) groups is 1. The van der Waals surface area contributed by atoms with Crippen LogP contribution in [0.3, 0.4) is 0 Å². The Hall–Kier alpha value is 0.0600. The average molecular weight is 311 g/mol. The molecule has 1 aliphatic carbocycles. The minimum absolute atomic E-state index is 0.0160. The van der Waals surface area contributed by atoms with Crippen LogP contribution >= 0.6 is 11.8 Å². The van der Waals surface area contributed by atoms with E-state index in [9.17, 15) is 13.2 Å². The Morgan fingerprint density at radius 1 is 1.25 bits per heavy atom. The predicted octanol–water partition coefficient (Wildman–Crippen LogP) is 3.61. The monoisotopic (exact) mass is 311 g/mol. The van der Waals surface area contributed by atoms with Crippen molar-refractivity contribution in [2.75, 3.05) is 26.0 Å². The van der Waals surface area contributed by atoms with Crippen LogP contribution in [0.25, 0.3) is 0 Å². The lowest BCUT2D eigenvalue weighted by Gasteiger charge is -2.38. The van der Waals surface area contributed by atoms with Crippen molar-refractivity contribution >= 4 is 11.8 Å². The lowest BCUT2D eigenvalue weighted by molar-refractivity contribution is -0.183. The fraction of sp³-hybridized carbons (Fsp3) is 1.00. The van der Waals surface area contributed by atoms with Gasteiger partial charge < -0.3 is 10.1 Å². The molecule has 0 bridgehead atoms. The Morgan fingerprint density at radius 3 is 2.55 bits per heavy atom. The van der Waals surface area contributed by atoms with Gasteiger partial charge in [-0.25, -0.2) is 0 Å². The summed E-state index contributed by atoms with van der Waals surface area (Å²) >= 11 is 1.82. The molecule has 1 saturated carbocycles. The minimum Gasteiger partial charge on any atom is -0.381 e. The number of ether oxygens (including phenoxy) is 1. The molecule has 118 valence electrons. The molecule has 1 aliphatic heterocycles. The SMILES string of the molecule is CSC1(CN[C@H]2CCC[C@H](C(F)(F)F)C2)CCOCC1. The molecular formula is C14H24F3NOS. The van der Waals surface area contributed by atoms with Crippen LogP contribution in [0.15, 0.2) is 0 Å². The van der Waals surface area contributed by atoms with Gasteiger partial charge in [0.1, 0.15) is 0 Å². The van der Waals surface area contributed by atoms with Crippen LogP contribution in [-0.2, 0) is 4.74 Å². The third-order valence-electron chi connectivity index (χ3n) is 4.69. The highest BCUT2D eigenvalue weighted by Gasteiger charge is 2.42. The molecule has 0 amide bonds. The fourth-order valence-corrected chi connectivity index (χ4v) is 4.00. The van der Waals surface area contributed by atoms with E-state index in [-0.39, 0.29) is 17.2 Å². The van der Waals surface area contributed by atoms with Gasteiger partial charge in [-0.1, -0.05) is 6.42 Å². The van der Waals surface area contributed by atoms with E-state index in [1.54, 1.807) is 0 Å². The highest BCUT2D eigenvalue weighted by molar-refractivity contribution is 8.00. The molecule has 0 radical (unpaired) electrons. The maximum absolute atomic E-state index is 12.8. The van der Waals surface area contributed by atoms with E-state index in [2.05, 4.69) is 11.6 Å². The van der Waals surface area contributed by atoms with Gasteiger partial charge in [-0.3, -0.25) is 0 Å². The number of hydrogen-bond acceptors (Lipinski definition) is 3. The first-order valence-corrected chi connectivity index (χ1v) is 8.61. The molecule has 1 heterocycles. The first-order chi connectivity index (χ1) is 9.45. The Kier molecular flexibility index (Phi) is 5.65. The molecule has 0 unspecified atom stereocenters. The van der Waals surface area contributed by atoms with Crippen molar-refractivity contribution in [1.82, 2.24) is 5.32 Å². The first kappa shape index (κ1) is 16.4. The van der Waals surface area contributed by atoms with Crippen LogP contribution in [0.5, 0.6) is 0 Å². The number of alkyl halides is 3. The zero-order chi connectivity index (χ0) is 14.6. The van der Waals surface area contributed by atoms with E-state index < -0.39 is 12.1 Å². The summed E-state index contributed by atoms with van der Waals surface area (Å²) in [5, 5.41) is 3.41. The van der Waals surface area contributed by atoms with Crippen molar-refractivity contribution in [1.29, 1.82) is 0 Å². The topological polar surface area (TPSA) is 21.3 Å². The second-order valence-corrected chi connectivity index (χ2v) is 7.26. The summed E-state index contributed by atoms with van der Waals surface area (Å²) in [5.74, 6) is -1.12. The molecule has 2 atom stereocenters. The normalized spacial score (nSPS) is 31.2. The molecule has 20 heavy (non-hydrogen) atoms. The highest BCUT2D eigenvalue weighted by Crippen LogP contribution is 2.38. The van der Waals surface area contributed by atoms with E-state index >= 15 is 0 Å². The lowest BCUT2D eigenvalue weighted by atomic mass is 9.85. The van der Waals surface area contributed by atoms with Crippen molar-refractivity contribution in [3.8, 4) is 0 Å². The van der Waals surface area contributed by atoms with Crippen molar-refractivity contribution in [2.24, 2.45) is 5.92 Å². The summed E-state index contributed by atoms with van der Waals surface area (Å²) in [5.41, 5.74) is 0. The Morgan fingerprint density at radius 2 is 1.95 bits per heavy atom. The zero-order valence-corrected chi connectivity index (χ0v) is 12.8. The molecule has 2 nitrogen and oxygen atoms in total. The fourth-order valence-electron chi connectivity index (χ4n) is 3.20. The molecule has 2 rings (SSSR count). The van der Waals surface area contributed by atoms with Crippen molar-refractivity contribution in [3.63, 3.8) is 0 Å². The van der Waals surface area contributed by atoms with E-state index in [0.717, 1.165) is 39.0 Å². The van der Waals surface area contributed by atoms with E-state index in [0.29, 0.717) is 12.8 Å². The first-order valence-electron chi connectivity index (χ1n) is 7.38. The van der Waals surface area contributed by atoms with Gasteiger partial charge in [0.05, 0.1) is 5.92 Å². The molecule has 0 aromatic heterocycles. The third kappa shape index (κ3) is 4.28. The zero-order valence-electron chi connectivity index (χ0n) is 12.0. The van der Waals surface area contributed by atoms with Gasteiger partial charge in [0.15, 0.2) is 0 Å². The summed E-state index contributed by atoms with van der Waals surface area (Å²) in [6.07, 6.45) is 2.11. The van der Waals surface area contributed by atoms with Gasteiger partial charge in [0.2, 0.25) is 0 Å². The molecular weight excluding hydrogens is 287 g/mol. The van der Waals surface area contributed by atoms with Crippen molar-refractivity contribution < 1.29 is 17.9 Å². The summed E-state index contributed by atoms with van der Waals surface area (Å²) in [6.45, 7) is 2.32. The van der Waals surface area contributed by atoms with Gasteiger partial charge in [-0.15, -0.1) is 0 Å². The Labute approximate surface area is 123 Å². The molecule has 1 N–H and O–H groups in total. The quantitative estimate of drug-likeness (QED) is 0.857. The molecule has 0 spiro atoms. The minimum atomic E-state index is -4.03. The number of halogens is 3. The summed E-state index contributed by atoms with van der Waals surface area (Å²) in [4.78, 5) is 0. The van der Waals surface area contributed by atoms with Gasteiger partial charge >= 0.3 is 6.18 Å². The summed E-state index contributed by atoms with van der Waals surface area (Å²) in [7, 11) is 0. The van der Waals surface area contributed by atoms with Crippen LogP contribution in [0.1, 0.15) is 38.5 Å². The summed E-state index contributed by atoms with van der Waals surface area (Å²) in [6, 6.07) is 0.0160. The number of hydrogen-bond donors (Lipinski definition) is 1. The van der Waals surface area contributed by atoms with Crippen LogP contribution in [-0.4, -0.2) is 43.0 Å². The maximum atomic E-state index is 12.8. The lowest BCUT2D eigenvalue weighted by Crippen LogP contribution is -2.47. The summed E-state index contributed by atoms with van der Waals surface area (Å²) < 4.78 is 43.9. The van der Waals surface area contributed by atoms with Crippen molar-refractivity contribution in [3.05, 3.63) is 0 Å². The van der Waals surface area contributed by atoms with E-state index in [1.165, 1.54) is 0 Å². The van der Waals surface area contributed by atoms with Crippen LogP contribution in [0, 0.1) is 5.92 Å². The van der Waals surface area contributed by atoms with Crippen LogP contribution in [0.2, 0.25) is 0 Å². The van der Waals surface area contributed by atoms with Gasteiger partial charge in [0.25, 0.3) is 0 Å². The Bertz CT molecular complexity index is 305. The maximum Gasteiger partial charge on any atom is 0.391 e. The van der Waals surface area contributed by atoms with Gasteiger partial charge in [0, 0.05) is 30.5 Å². The highest BCUT2D eigenvalue weighted by atomic mass is 32.2. The van der Waals surface area contributed by atoms with E-state index in [4.69, 9.17) is 4.74 Å². The van der Waals surface area contributed by atoms with E-state index in [1.807, 2.05) is 11.8 Å². The largest absolute Gasteiger partial charge is 0.391 e. The smallest absolute Gasteiger partial charge is 0.381 e. The van der Waals surface area contributed by atoms with Crippen LogP contribution in [0.4, 0.5) is 13.2 Å².